The predicted octanol–water partition coefficient (Wildman–Crippen LogP) is 2.85. The van der Waals surface area contributed by atoms with Crippen LogP contribution in [0, 0.1) is 5.82 Å². The second-order valence-corrected chi connectivity index (χ2v) is 4.64. The molecule has 1 aliphatic rings. The molecular formula is C11H12ClF2N. The summed E-state index contributed by atoms with van der Waals surface area (Å²) < 4.78 is 26.6. The van der Waals surface area contributed by atoms with Crippen LogP contribution >= 0.6 is 11.6 Å². The highest BCUT2D eigenvalue weighted by atomic mass is 35.5. The Hall–Kier alpha value is -0.670. The Morgan fingerprint density at radius 2 is 2.13 bits per heavy atom. The number of hydrogen-bond donors (Lipinski definition) is 1. The number of benzene rings is 1. The van der Waals surface area contributed by atoms with Crippen molar-refractivity contribution in [3.8, 4) is 0 Å². The minimum Gasteiger partial charge on any atom is -0.327 e. The average Bonchev–Trinajstić information content (AvgIpc) is 2.08. The molecule has 1 aliphatic carbocycles. The first-order chi connectivity index (χ1) is 6.98. The molecule has 0 aromatic heterocycles. The Kier molecular flexibility index (Phi) is 2.69. The number of halogens is 3. The van der Waals surface area contributed by atoms with Gasteiger partial charge in [-0.2, -0.15) is 0 Å². The van der Waals surface area contributed by atoms with E-state index in [9.17, 15) is 8.78 Å². The molecule has 0 unspecified atom stereocenters. The SMILES string of the molecule is NC1CC(F)(Cc2ccc(F)cc2Cl)C1. The van der Waals surface area contributed by atoms with E-state index >= 15 is 0 Å². The number of rotatable bonds is 2. The van der Waals surface area contributed by atoms with Crippen LogP contribution in [-0.2, 0) is 6.42 Å². The van der Waals surface area contributed by atoms with Crippen molar-refractivity contribution in [2.24, 2.45) is 5.73 Å². The van der Waals surface area contributed by atoms with Crippen LogP contribution in [0.3, 0.4) is 0 Å². The number of hydrogen-bond acceptors (Lipinski definition) is 1. The zero-order chi connectivity index (χ0) is 11.1. The maximum atomic E-state index is 13.9. The molecule has 0 atom stereocenters. The van der Waals surface area contributed by atoms with Crippen LogP contribution in [0.1, 0.15) is 18.4 Å². The molecule has 1 saturated carbocycles. The summed E-state index contributed by atoms with van der Waals surface area (Å²) in [6, 6.07) is 3.99. The van der Waals surface area contributed by atoms with Crippen molar-refractivity contribution < 1.29 is 8.78 Å². The molecule has 0 spiro atoms. The average molecular weight is 232 g/mol. The summed E-state index contributed by atoms with van der Waals surface area (Å²) >= 11 is 5.82. The molecule has 4 heteroatoms. The van der Waals surface area contributed by atoms with E-state index < -0.39 is 11.5 Å². The van der Waals surface area contributed by atoms with Gasteiger partial charge in [0.2, 0.25) is 0 Å². The molecule has 0 bridgehead atoms. The molecule has 2 rings (SSSR count). The first-order valence-electron chi connectivity index (χ1n) is 4.87. The minimum absolute atomic E-state index is 0.0470. The third-order valence-electron chi connectivity index (χ3n) is 2.78. The van der Waals surface area contributed by atoms with E-state index in [0.29, 0.717) is 18.4 Å². The van der Waals surface area contributed by atoms with Gasteiger partial charge in [0, 0.05) is 17.5 Å². The van der Waals surface area contributed by atoms with Gasteiger partial charge in [-0.3, -0.25) is 0 Å². The normalized spacial score (nSPS) is 30.0. The molecule has 0 radical (unpaired) electrons. The van der Waals surface area contributed by atoms with Crippen molar-refractivity contribution in [3.63, 3.8) is 0 Å². The minimum atomic E-state index is -1.25. The maximum absolute atomic E-state index is 13.9. The molecule has 1 nitrogen and oxygen atoms in total. The summed E-state index contributed by atoms with van der Waals surface area (Å²) in [5, 5.41) is 0.285. The van der Waals surface area contributed by atoms with Gasteiger partial charge in [0.05, 0.1) is 0 Å². The van der Waals surface area contributed by atoms with E-state index in [1.54, 1.807) is 0 Å². The lowest BCUT2D eigenvalue weighted by molar-refractivity contribution is 0.0444. The zero-order valence-electron chi connectivity index (χ0n) is 8.14. The Bertz CT molecular complexity index is 375. The van der Waals surface area contributed by atoms with Gasteiger partial charge in [-0.15, -0.1) is 0 Å². The van der Waals surface area contributed by atoms with Gasteiger partial charge in [0.15, 0.2) is 0 Å². The quantitative estimate of drug-likeness (QED) is 0.832. The topological polar surface area (TPSA) is 26.0 Å². The third kappa shape index (κ3) is 2.29. The van der Waals surface area contributed by atoms with Gasteiger partial charge in [-0.05, 0) is 30.5 Å². The van der Waals surface area contributed by atoms with Crippen molar-refractivity contribution >= 4 is 11.6 Å². The van der Waals surface area contributed by atoms with Crippen molar-refractivity contribution in [1.29, 1.82) is 0 Å². The van der Waals surface area contributed by atoms with Gasteiger partial charge in [-0.1, -0.05) is 17.7 Å². The van der Waals surface area contributed by atoms with Gasteiger partial charge in [0.1, 0.15) is 11.5 Å². The molecule has 2 N–H and O–H groups in total. The number of nitrogens with two attached hydrogens (primary N) is 1. The van der Waals surface area contributed by atoms with E-state index in [-0.39, 0.29) is 17.5 Å². The van der Waals surface area contributed by atoms with Crippen LogP contribution in [0.15, 0.2) is 18.2 Å². The molecule has 0 amide bonds. The lowest BCUT2D eigenvalue weighted by atomic mass is 9.74. The van der Waals surface area contributed by atoms with E-state index in [0.717, 1.165) is 0 Å². The molecule has 15 heavy (non-hydrogen) atoms. The third-order valence-corrected chi connectivity index (χ3v) is 3.13. The fraction of sp³-hybridized carbons (Fsp3) is 0.455. The smallest absolute Gasteiger partial charge is 0.124 e. The summed E-state index contributed by atoms with van der Waals surface area (Å²) in [5.74, 6) is -0.401. The van der Waals surface area contributed by atoms with Gasteiger partial charge < -0.3 is 5.73 Å². The number of alkyl halides is 1. The summed E-state index contributed by atoms with van der Waals surface area (Å²) in [4.78, 5) is 0. The Morgan fingerprint density at radius 1 is 1.47 bits per heavy atom. The summed E-state index contributed by atoms with van der Waals surface area (Å²) in [6.45, 7) is 0. The molecule has 1 fully saturated rings. The maximum Gasteiger partial charge on any atom is 0.124 e. The van der Waals surface area contributed by atoms with Gasteiger partial charge in [0.25, 0.3) is 0 Å². The van der Waals surface area contributed by atoms with Crippen LogP contribution < -0.4 is 5.73 Å². The zero-order valence-corrected chi connectivity index (χ0v) is 8.90. The van der Waals surface area contributed by atoms with Crippen molar-refractivity contribution in [1.82, 2.24) is 0 Å². The van der Waals surface area contributed by atoms with E-state index in [1.807, 2.05) is 0 Å². The van der Waals surface area contributed by atoms with Crippen LogP contribution in [0.25, 0.3) is 0 Å². The molecule has 0 heterocycles. The van der Waals surface area contributed by atoms with Crippen LogP contribution in [0.4, 0.5) is 8.78 Å². The Balaban J connectivity index is 2.11. The van der Waals surface area contributed by atoms with Crippen LogP contribution in [0.5, 0.6) is 0 Å². The van der Waals surface area contributed by atoms with Crippen molar-refractivity contribution in [2.45, 2.75) is 31.0 Å². The van der Waals surface area contributed by atoms with Crippen LogP contribution in [0.2, 0.25) is 5.02 Å². The van der Waals surface area contributed by atoms with E-state index in [1.165, 1.54) is 18.2 Å². The second kappa shape index (κ2) is 3.72. The predicted molar refractivity (Wildman–Crippen MR) is 56.2 cm³/mol. The van der Waals surface area contributed by atoms with E-state index in [4.69, 9.17) is 17.3 Å². The van der Waals surface area contributed by atoms with Crippen LogP contribution in [-0.4, -0.2) is 11.7 Å². The highest BCUT2D eigenvalue weighted by Gasteiger charge is 2.43. The fourth-order valence-electron chi connectivity index (χ4n) is 2.03. The monoisotopic (exact) mass is 231 g/mol. The Morgan fingerprint density at radius 3 is 2.67 bits per heavy atom. The van der Waals surface area contributed by atoms with Crippen molar-refractivity contribution in [2.75, 3.05) is 0 Å². The lowest BCUT2D eigenvalue weighted by Gasteiger charge is -2.39. The fourth-order valence-corrected chi connectivity index (χ4v) is 2.26. The van der Waals surface area contributed by atoms with E-state index in [2.05, 4.69) is 0 Å². The first kappa shape index (κ1) is 10.8. The molecule has 0 saturated heterocycles. The molecule has 82 valence electrons. The molecule has 1 aromatic rings. The first-order valence-corrected chi connectivity index (χ1v) is 5.25. The van der Waals surface area contributed by atoms with Gasteiger partial charge >= 0.3 is 0 Å². The van der Waals surface area contributed by atoms with Gasteiger partial charge in [-0.25, -0.2) is 8.78 Å². The van der Waals surface area contributed by atoms with Crippen molar-refractivity contribution in [3.05, 3.63) is 34.6 Å². The summed E-state index contributed by atoms with van der Waals surface area (Å²) in [6.07, 6.45) is 0.946. The summed E-state index contributed by atoms with van der Waals surface area (Å²) in [5.41, 5.74) is 4.93. The molecule has 1 aromatic carbocycles. The Labute approximate surface area is 92.2 Å². The lowest BCUT2D eigenvalue weighted by Crippen LogP contribution is -2.49. The molecule has 0 aliphatic heterocycles. The highest BCUT2D eigenvalue weighted by molar-refractivity contribution is 6.31. The largest absolute Gasteiger partial charge is 0.327 e. The molecular weight excluding hydrogens is 220 g/mol. The summed E-state index contributed by atoms with van der Waals surface area (Å²) in [7, 11) is 0. The second-order valence-electron chi connectivity index (χ2n) is 4.23. The highest BCUT2D eigenvalue weighted by Crippen LogP contribution is 2.39. The standard InChI is InChI=1S/C11H12ClF2N/c12-10-3-8(13)2-1-7(10)4-11(14)5-9(15)6-11/h1-3,9H,4-6,15H2.